The number of benzene rings is 1. The van der Waals surface area contributed by atoms with Gasteiger partial charge in [0.05, 0.1) is 11.4 Å². The highest BCUT2D eigenvalue weighted by molar-refractivity contribution is 5.72. The van der Waals surface area contributed by atoms with E-state index in [4.69, 9.17) is 4.98 Å². The first kappa shape index (κ1) is 16.0. The largest absolute Gasteiger partial charge is 0.366 e. The molecule has 0 unspecified atom stereocenters. The topological polar surface area (TPSA) is 50.7 Å². The summed E-state index contributed by atoms with van der Waals surface area (Å²) in [6.45, 7) is 0.714. The highest BCUT2D eigenvalue weighted by Crippen LogP contribution is 2.26. The van der Waals surface area contributed by atoms with Crippen LogP contribution in [0, 0.1) is 0 Å². The first-order valence-corrected chi connectivity index (χ1v) is 8.50. The minimum Gasteiger partial charge on any atom is -0.366 e. The summed E-state index contributed by atoms with van der Waals surface area (Å²) < 4.78 is 0. The van der Waals surface area contributed by atoms with Gasteiger partial charge < -0.3 is 5.32 Å². The van der Waals surface area contributed by atoms with E-state index in [1.807, 2.05) is 66.9 Å². The maximum Gasteiger partial charge on any atom is 0.127 e. The molecule has 0 fully saturated rings. The second kappa shape index (κ2) is 7.57. The monoisotopic (exact) mass is 338 g/mol. The van der Waals surface area contributed by atoms with Crippen molar-refractivity contribution in [2.75, 3.05) is 5.32 Å². The molecule has 4 heteroatoms. The zero-order valence-electron chi connectivity index (χ0n) is 14.2. The van der Waals surface area contributed by atoms with Crippen molar-refractivity contribution in [2.24, 2.45) is 0 Å². The second-order valence-electron chi connectivity index (χ2n) is 5.92. The lowest BCUT2D eigenvalue weighted by molar-refractivity contribution is 1.11. The first-order valence-electron chi connectivity index (χ1n) is 8.50. The van der Waals surface area contributed by atoms with E-state index < -0.39 is 0 Å². The van der Waals surface area contributed by atoms with Gasteiger partial charge in [0, 0.05) is 30.7 Å². The highest BCUT2D eigenvalue weighted by Gasteiger charge is 2.08. The number of aromatic nitrogens is 3. The molecule has 0 aliphatic heterocycles. The summed E-state index contributed by atoms with van der Waals surface area (Å²) >= 11 is 0. The van der Waals surface area contributed by atoms with Crippen LogP contribution in [-0.2, 0) is 6.54 Å². The van der Waals surface area contributed by atoms with Crippen molar-refractivity contribution < 1.29 is 0 Å². The van der Waals surface area contributed by atoms with E-state index in [0.29, 0.717) is 6.54 Å². The summed E-state index contributed by atoms with van der Waals surface area (Å²) in [5.74, 6) is 0.816. The predicted molar refractivity (Wildman–Crippen MR) is 104 cm³/mol. The molecule has 3 heterocycles. The van der Waals surface area contributed by atoms with E-state index in [9.17, 15) is 0 Å². The Morgan fingerprint density at radius 1 is 0.731 bits per heavy atom. The molecule has 0 aliphatic rings. The van der Waals surface area contributed by atoms with Crippen LogP contribution in [0.3, 0.4) is 0 Å². The Kier molecular flexibility index (Phi) is 4.65. The molecule has 0 aliphatic carbocycles. The molecule has 0 amide bonds. The minimum absolute atomic E-state index is 0.714. The Morgan fingerprint density at radius 2 is 1.62 bits per heavy atom. The van der Waals surface area contributed by atoms with Gasteiger partial charge in [0.25, 0.3) is 0 Å². The fourth-order valence-electron chi connectivity index (χ4n) is 2.76. The molecule has 0 saturated heterocycles. The number of rotatable bonds is 5. The van der Waals surface area contributed by atoms with Gasteiger partial charge in [-0.3, -0.25) is 9.97 Å². The van der Waals surface area contributed by atoms with Gasteiger partial charge in [-0.1, -0.05) is 42.5 Å². The quantitative estimate of drug-likeness (QED) is 0.567. The Balaban J connectivity index is 1.70. The van der Waals surface area contributed by atoms with Crippen molar-refractivity contribution in [1.29, 1.82) is 0 Å². The molecule has 1 N–H and O–H groups in total. The van der Waals surface area contributed by atoms with Crippen LogP contribution in [0.2, 0.25) is 0 Å². The molecular formula is C22H18N4. The average molecular weight is 338 g/mol. The lowest BCUT2D eigenvalue weighted by Crippen LogP contribution is -2.02. The molecule has 4 aromatic rings. The summed E-state index contributed by atoms with van der Waals surface area (Å²) in [6, 6.07) is 24.2. The van der Waals surface area contributed by atoms with Crippen LogP contribution in [0.25, 0.3) is 22.5 Å². The SMILES string of the molecule is c1ccc(CNc2cc(-c3cccnc3)cc(-c3ccccn3)n2)cc1. The molecule has 0 atom stereocenters. The summed E-state index contributed by atoms with van der Waals surface area (Å²) in [4.78, 5) is 13.4. The van der Waals surface area contributed by atoms with Crippen molar-refractivity contribution >= 4 is 5.82 Å². The van der Waals surface area contributed by atoms with Crippen LogP contribution in [0.15, 0.2) is 91.4 Å². The van der Waals surface area contributed by atoms with Gasteiger partial charge in [-0.15, -0.1) is 0 Å². The van der Waals surface area contributed by atoms with E-state index in [-0.39, 0.29) is 0 Å². The van der Waals surface area contributed by atoms with Crippen LogP contribution in [-0.4, -0.2) is 15.0 Å². The molecule has 1 aromatic carbocycles. The maximum absolute atomic E-state index is 4.75. The number of nitrogens with one attached hydrogen (secondary N) is 1. The smallest absolute Gasteiger partial charge is 0.127 e. The van der Waals surface area contributed by atoms with Gasteiger partial charge in [-0.05, 0) is 41.5 Å². The molecule has 4 nitrogen and oxygen atoms in total. The summed E-state index contributed by atoms with van der Waals surface area (Å²) in [7, 11) is 0. The minimum atomic E-state index is 0.714. The third-order valence-corrected chi connectivity index (χ3v) is 4.06. The standard InChI is InChI=1S/C22H18N4/c1-2-7-17(8-3-1)15-25-22-14-19(18-9-6-11-23-16-18)13-21(26-22)20-10-4-5-12-24-20/h1-14,16H,15H2,(H,25,26). The number of hydrogen-bond acceptors (Lipinski definition) is 4. The van der Waals surface area contributed by atoms with Crippen LogP contribution < -0.4 is 5.32 Å². The molecular weight excluding hydrogens is 320 g/mol. The number of hydrogen-bond donors (Lipinski definition) is 1. The van der Waals surface area contributed by atoms with E-state index in [1.165, 1.54) is 5.56 Å². The molecule has 126 valence electrons. The van der Waals surface area contributed by atoms with Crippen molar-refractivity contribution in [2.45, 2.75) is 6.54 Å². The molecule has 0 radical (unpaired) electrons. The lowest BCUT2D eigenvalue weighted by Gasteiger charge is -2.11. The van der Waals surface area contributed by atoms with Crippen LogP contribution in [0.5, 0.6) is 0 Å². The maximum atomic E-state index is 4.75. The highest BCUT2D eigenvalue weighted by atomic mass is 15.0. The van der Waals surface area contributed by atoms with Gasteiger partial charge >= 0.3 is 0 Å². The second-order valence-corrected chi connectivity index (χ2v) is 5.92. The van der Waals surface area contributed by atoms with Crippen molar-refractivity contribution in [3.8, 4) is 22.5 Å². The Hall–Kier alpha value is -3.53. The van der Waals surface area contributed by atoms with Gasteiger partial charge in [-0.2, -0.15) is 0 Å². The molecule has 4 rings (SSSR count). The molecule has 0 spiro atoms. The van der Waals surface area contributed by atoms with Gasteiger partial charge in [0.15, 0.2) is 0 Å². The Bertz CT molecular complexity index is 913. The third-order valence-electron chi connectivity index (χ3n) is 4.06. The van der Waals surface area contributed by atoms with Crippen LogP contribution in [0.4, 0.5) is 5.82 Å². The van der Waals surface area contributed by atoms with E-state index in [2.05, 4.69) is 27.4 Å². The first-order chi connectivity index (χ1) is 12.9. The molecule has 3 aromatic heterocycles. The molecule has 0 saturated carbocycles. The van der Waals surface area contributed by atoms with Crippen molar-refractivity contribution in [3.63, 3.8) is 0 Å². The van der Waals surface area contributed by atoms with Gasteiger partial charge in [0.2, 0.25) is 0 Å². The van der Waals surface area contributed by atoms with E-state index >= 15 is 0 Å². The number of pyridine rings is 3. The van der Waals surface area contributed by atoms with Gasteiger partial charge in [0.1, 0.15) is 5.82 Å². The van der Waals surface area contributed by atoms with Gasteiger partial charge in [-0.25, -0.2) is 4.98 Å². The summed E-state index contributed by atoms with van der Waals surface area (Å²) in [6.07, 6.45) is 5.42. The van der Waals surface area contributed by atoms with Crippen molar-refractivity contribution in [3.05, 3.63) is 97.0 Å². The predicted octanol–water partition coefficient (Wildman–Crippen LogP) is 4.82. The number of anilines is 1. The third kappa shape index (κ3) is 3.75. The Labute approximate surface area is 152 Å². The zero-order valence-corrected chi connectivity index (χ0v) is 14.2. The summed E-state index contributed by atoms with van der Waals surface area (Å²) in [5.41, 5.74) is 5.00. The van der Waals surface area contributed by atoms with Crippen LogP contribution >= 0.6 is 0 Å². The normalized spacial score (nSPS) is 10.5. The number of nitrogens with zero attached hydrogens (tertiary/aromatic N) is 3. The van der Waals surface area contributed by atoms with E-state index in [1.54, 1.807) is 12.4 Å². The van der Waals surface area contributed by atoms with E-state index in [0.717, 1.165) is 28.3 Å². The Morgan fingerprint density at radius 3 is 2.38 bits per heavy atom. The van der Waals surface area contributed by atoms with Crippen molar-refractivity contribution in [1.82, 2.24) is 15.0 Å². The fraction of sp³-hybridized carbons (Fsp3) is 0.0455. The van der Waals surface area contributed by atoms with Crippen LogP contribution in [0.1, 0.15) is 5.56 Å². The fourth-order valence-corrected chi connectivity index (χ4v) is 2.76. The molecule has 26 heavy (non-hydrogen) atoms. The average Bonchev–Trinajstić information content (AvgIpc) is 2.74. The molecule has 0 bridgehead atoms. The lowest BCUT2D eigenvalue weighted by atomic mass is 10.1. The zero-order chi connectivity index (χ0) is 17.6. The summed E-state index contributed by atoms with van der Waals surface area (Å²) in [5, 5.41) is 3.42.